The molecule has 8 nitrogen and oxygen atoms in total. The molecular weight excluding hydrogens is 280 g/mol. The summed E-state index contributed by atoms with van der Waals surface area (Å²) in [5.41, 5.74) is 7.03. The van der Waals surface area contributed by atoms with Gasteiger partial charge in [-0.3, -0.25) is 9.36 Å². The lowest BCUT2D eigenvalue weighted by atomic mass is 10.4. The minimum Gasteiger partial charge on any atom is -0.381 e. The monoisotopic (exact) mass is 298 g/mol. The number of anilines is 1. The van der Waals surface area contributed by atoms with Crippen LogP contribution in [0.1, 0.15) is 11.3 Å². The molecule has 0 spiro atoms. The summed E-state index contributed by atoms with van der Waals surface area (Å²) in [6.45, 7) is 1.90. The molecule has 0 aromatic carbocycles. The molecule has 2 rings (SSSR count). The van der Waals surface area contributed by atoms with Crippen molar-refractivity contribution >= 4 is 15.8 Å². The predicted molar refractivity (Wildman–Crippen MR) is 74.2 cm³/mol. The number of sulfonamides is 1. The van der Waals surface area contributed by atoms with Crippen LogP contribution in [0.4, 0.5) is 5.82 Å². The molecule has 0 fully saturated rings. The van der Waals surface area contributed by atoms with E-state index in [1.54, 1.807) is 38.1 Å². The van der Waals surface area contributed by atoms with E-state index in [4.69, 9.17) is 5.73 Å². The van der Waals surface area contributed by atoms with Gasteiger partial charge >= 0.3 is 0 Å². The Hall–Kier alpha value is -1.87. The van der Waals surface area contributed by atoms with Crippen molar-refractivity contribution in [1.29, 1.82) is 0 Å². The van der Waals surface area contributed by atoms with Gasteiger partial charge in [0.1, 0.15) is 4.90 Å². The highest BCUT2D eigenvalue weighted by Gasteiger charge is 2.29. The van der Waals surface area contributed by atoms with Gasteiger partial charge in [-0.15, -0.1) is 0 Å². The quantitative estimate of drug-likeness (QED) is 0.847. The van der Waals surface area contributed by atoms with E-state index in [-0.39, 0.29) is 17.3 Å². The number of rotatable bonds is 4. The van der Waals surface area contributed by atoms with Crippen LogP contribution in [-0.4, -0.2) is 39.3 Å². The maximum absolute atomic E-state index is 12.6. The molecule has 0 atom stereocenters. The van der Waals surface area contributed by atoms with Gasteiger partial charge in [0, 0.05) is 39.4 Å². The first-order chi connectivity index (χ1) is 9.23. The van der Waals surface area contributed by atoms with Gasteiger partial charge in [-0.05, 0) is 6.92 Å². The van der Waals surface area contributed by atoms with Crippen molar-refractivity contribution in [1.82, 2.24) is 23.9 Å². The molecule has 2 heterocycles. The lowest BCUT2D eigenvalue weighted by Crippen LogP contribution is -2.27. The van der Waals surface area contributed by atoms with Crippen LogP contribution >= 0.6 is 0 Å². The van der Waals surface area contributed by atoms with Gasteiger partial charge in [0.25, 0.3) is 0 Å². The zero-order chi connectivity index (χ0) is 15.1. The summed E-state index contributed by atoms with van der Waals surface area (Å²) >= 11 is 0. The Labute approximate surface area is 117 Å². The molecule has 2 aromatic heterocycles. The van der Waals surface area contributed by atoms with Crippen molar-refractivity contribution in [3.63, 3.8) is 0 Å². The van der Waals surface area contributed by atoms with Crippen LogP contribution < -0.4 is 5.73 Å². The van der Waals surface area contributed by atoms with E-state index in [1.165, 1.54) is 16.0 Å². The Bertz CT molecular complexity index is 730. The molecule has 0 bridgehead atoms. The Kier molecular flexibility index (Phi) is 3.57. The van der Waals surface area contributed by atoms with Crippen LogP contribution in [0.2, 0.25) is 0 Å². The summed E-state index contributed by atoms with van der Waals surface area (Å²) in [5, 5.41) is 7.96. The topological polar surface area (TPSA) is 99.0 Å². The number of aryl methyl sites for hydroxylation is 2. The average Bonchev–Trinajstić information content (AvgIpc) is 2.84. The van der Waals surface area contributed by atoms with Crippen molar-refractivity contribution in [2.24, 2.45) is 14.1 Å². The molecular formula is C11H18N6O2S. The van der Waals surface area contributed by atoms with E-state index in [1.807, 2.05) is 0 Å². The molecule has 0 saturated heterocycles. The zero-order valence-electron chi connectivity index (χ0n) is 11.9. The number of aromatic nitrogens is 4. The molecule has 0 unspecified atom stereocenters. The first-order valence-electron chi connectivity index (χ1n) is 5.96. The van der Waals surface area contributed by atoms with E-state index in [0.717, 1.165) is 5.56 Å². The smallest absolute Gasteiger partial charge is 0.248 e. The number of nitrogen functional groups attached to an aromatic ring is 1. The van der Waals surface area contributed by atoms with Gasteiger partial charge in [-0.25, -0.2) is 8.42 Å². The van der Waals surface area contributed by atoms with E-state index in [2.05, 4.69) is 10.2 Å². The fraction of sp³-hybridized carbons (Fsp3) is 0.455. The fourth-order valence-corrected chi connectivity index (χ4v) is 3.43. The third-order valence-corrected chi connectivity index (χ3v) is 5.11. The summed E-state index contributed by atoms with van der Waals surface area (Å²) in [5.74, 6) is 0.0167. The molecule has 110 valence electrons. The standard InChI is InChI=1S/C11H18N6O2S/c1-8-10(11(12)14-17(8)4)20(18,19)16(3)7-9-5-13-15(2)6-9/h5-6H,7H2,1-4H3,(H2,12,14). The molecule has 9 heteroatoms. The molecule has 2 N–H and O–H groups in total. The van der Waals surface area contributed by atoms with Crippen LogP contribution in [0, 0.1) is 6.92 Å². The van der Waals surface area contributed by atoms with Crippen molar-refractivity contribution in [3.05, 3.63) is 23.7 Å². The van der Waals surface area contributed by atoms with Crippen molar-refractivity contribution < 1.29 is 8.42 Å². The summed E-state index contributed by atoms with van der Waals surface area (Å²) in [6, 6.07) is 0. The highest BCUT2D eigenvalue weighted by Crippen LogP contribution is 2.25. The highest BCUT2D eigenvalue weighted by atomic mass is 32.2. The molecule has 0 saturated carbocycles. The van der Waals surface area contributed by atoms with Gasteiger partial charge in [0.15, 0.2) is 5.82 Å². The molecule has 0 amide bonds. The number of nitrogens with two attached hydrogens (primary N) is 1. The van der Waals surface area contributed by atoms with Gasteiger partial charge in [-0.2, -0.15) is 14.5 Å². The van der Waals surface area contributed by atoms with Gasteiger partial charge < -0.3 is 5.73 Å². The van der Waals surface area contributed by atoms with E-state index in [9.17, 15) is 8.42 Å². The highest BCUT2D eigenvalue weighted by molar-refractivity contribution is 7.89. The van der Waals surface area contributed by atoms with Crippen molar-refractivity contribution in [3.8, 4) is 0 Å². The second kappa shape index (κ2) is 4.91. The Balaban J connectivity index is 2.34. The third kappa shape index (κ3) is 2.41. The lowest BCUT2D eigenvalue weighted by molar-refractivity contribution is 0.466. The van der Waals surface area contributed by atoms with Gasteiger partial charge in [0.2, 0.25) is 10.0 Å². The molecule has 2 aromatic rings. The normalized spacial score (nSPS) is 12.2. The molecule has 20 heavy (non-hydrogen) atoms. The maximum atomic E-state index is 12.6. The Morgan fingerprint density at radius 2 is 2.05 bits per heavy atom. The molecule has 0 aliphatic heterocycles. The van der Waals surface area contributed by atoms with E-state index in [0.29, 0.717) is 5.69 Å². The first kappa shape index (κ1) is 14.5. The summed E-state index contributed by atoms with van der Waals surface area (Å²) in [4.78, 5) is 0.0615. The van der Waals surface area contributed by atoms with E-state index < -0.39 is 10.0 Å². The summed E-state index contributed by atoms with van der Waals surface area (Å²) in [7, 11) is 1.27. The second-order valence-electron chi connectivity index (χ2n) is 4.71. The largest absolute Gasteiger partial charge is 0.381 e. The minimum absolute atomic E-state index is 0.0167. The SMILES string of the molecule is Cc1c(S(=O)(=O)N(C)Cc2cnn(C)c2)c(N)nn1C. The van der Waals surface area contributed by atoms with Crippen LogP contribution in [-0.2, 0) is 30.7 Å². The van der Waals surface area contributed by atoms with Crippen LogP contribution in [0.3, 0.4) is 0 Å². The maximum Gasteiger partial charge on any atom is 0.248 e. The second-order valence-corrected chi connectivity index (χ2v) is 6.69. The lowest BCUT2D eigenvalue weighted by Gasteiger charge is -2.16. The van der Waals surface area contributed by atoms with Crippen molar-refractivity contribution in [2.45, 2.75) is 18.4 Å². The first-order valence-corrected chi connectivity index (χ1v) is 7.40. The Morgan fingerprint density at radius 3 is 2.50 bits per heavy atom. The van der Waals surface area contributed by atoms with Gasteiger partial charge in [0.05, 0.1) is 11.9 Å². The minimum atomic E-state index is -3.68. The predicted octanol–water partition coefficient (Wildman–Crippen LogP) is -0.135. The van der Waals surface area contributed by atoms with Crippen LogP contribution in [0.5, 0.6) is 0 Å². The Morgan fingerprint density at radius 1 is 1.40 bits per heavy atom. The summed E-state index contributed by atoms with van der Waals surface area (Å²) in [6.07, 6.45) is 3.40. The average molecular weight is 298 g/mol. The fourth-order valence-electron chi connectivity index (χ4n) is 1.98. The third-order valence-electron chi connectivity index (χ3n) is 3.14. The van der Waals surface area contributed by atoms with E-state index >= 15 is 0 Å². The van der Waals surface area contributed by atoms with Crippen LogP contribution in [0.25, 0.3) is 0 Å². The van der Waals surface area contributed by atoms with Crippen LogP contribution in [0.15, 0.2) is 17.3 Å². The summed E-state index contributed by atoms with van der Waals surface area (Å²) < 4.78 is 29.5. The molecule has 0 aliphatic carbocycles. The van der Waals surface area contributed by atoms with Crippen molar-refractivity contribution in [2.75, 3.05) is 12.8 Å². The number of nitrogens with zero attached hydrogens (tertiary/aromatic N) is 5. The number of hydrogen-bond acceptors (Lipinski definition) is 5. The number of hydrogen-bond donors (Lipinski definition) is 1. The zero-order valence-corrected chi connectivity index (χ0v) is 12.7. The molecule has 0 radical (unpaired) electrons. The molecule has 0 aliphatic rings. The van der Waals surface area contributed by atoms with Gasteiger partial charge in [-0.1, -0.05) is 0 Å².